The molecule has 7 heteroatoms. The molecule has 1 aromatic carbocycles. The van der Waals surface area contributed by atoms with Gasteiger partial charge in [0.05, 0.1) is 11.5 Å². The molecule has 0 amide bonds. The van der Waals surface area contributed by atoms with Gasteiger partial charge in [0.1, 0.15) is 5.02 Å². The van der Waals surface area contributed by atoms with E-state index in [4.69, 9.17) is 21.8 Å². The second kappa shape index (κ2) is 8.06. The predicted molar refractivity (Wildman–Crippen MR) is 72.2 cm³/mol. The van der Waals surface area contributed by atoms with Crippen molar-refractivity contribution in [1.82, 2.24) is 4.90 Å². The third-order valence-corrected chi connectivity index (χ3v) is 2.98. The molecule has 0 aliphatic rings. The van der Waals surface area contributed by atoms with Crippen molar-refractivity contribution in [3.63, 3.8) is 0 Å². The topological polar surface area (TPSA) is 86.8 Å². The molecule has 0 bridgehead atoms. The number of rotatable bonds is 8. The summed E-state index contributed by atoms with van der Waals surface area (Å²) in [6.45, 7) is 1.62. The van der Waals surface area contributed by atoms with E-state index < -0.39 is 4.92 Å². The molecule has 19 heavy (non-hydrogen) atoms. The molecule has 0 unspecified atom stereocenters. The van der Waals surface area contributed by atoms with Gasteiger partial charge in [0.15, 0.2) is 0 Å². The molecule has 1 aromatic rings. The largest absolute Gasteiger partial charge is 0.396 e. The lowest BCUT2D eigenvalue weighted by molar-refractivity contribution is -0.384. The normalized spacial score (nSPS) is 10.9. The second-order valence-electron chi connectivity index (χ2n) is 4.12. The van der Waals surface area contributed by atoms with Gasteiger partial charge in [0.25, 0.3) is 5.69 Å². The highest BCUT2D eigenvalue weighted by atomic mass is 35.5. The zero-order valence-corrected chi connectivity index (χ0v) is 11.2. The molecule has 1 rings (SSSR count). The number of halogens is 1. The summed E-state index contributed by atoms with van der Waals surface area (Å²) in [4.78, 5) is 12.2. The van der Waals surface area contributed by atoms with Gasteiger partial charge in [-0.3, -0.25) is 15.0 Å². The Kier molecular flexibility index (Phi) is 6.72. The number of aliphatic hydroxyl groups is 2. The van der Waals surface area contributed by atoms with Crippen molar-refractivity contribution in [2.24, 2.45) is 0 Å². The lowest BCUT2D eigenvalue weighted by Gasteiger charge is -2.20. The van der Waals surface area contributed by atoms with E-state index in [1.807, 2.05) is 4.90 Å². The number of benzene rings is 1. The van der Waals surface area contributed by atoms with Crippen LogP contribution in [0.5, 0.6) is 0 Å². The molecule has 0 saturated carbocycles. The molecule has 6 nitrogen and oxygen atoms in total. The maximum absolute atomic E-state index is 10.8. The summed E-state index contributed by atoms with van der Waals surface area (Å²) in [5.41, 5.74) is 0.632. The maximum atomic E-state index is 10.8. The third-order valence-electron chi connectivity index (χ3n) is 2.66. The van der Waals surface area contributed by atoms with Gasteiger partial charge in [0.2, 0.25) is 0 Å². The summed E-state index contributed by atoms with van der Waals surface area (Å²) in [5.74, 6) is 0. The average molecular weight is 289 g/mol. The minimum absolute atomic E-state index is 0.00110. The molecule has 0 fully saturated rings. The van der Waals surface area contributed by atoms with Gasteiger partial charge in [-0.1, -0.05) is 17.7 Å². The van der Waals surface area contributed by atoms with Crippen LogP contribution < -0.4 is 0 Å². The molecular formula is C12H17ClN2O4. The van der Waals surface area contributed by atoms with Gasteiger partial charge < -0.3 is 10.2 Å². The number of nitro benzene ring substituents is 1. The monoisotopic (exact) mass is 288 g/mol. The molecule has 0 spiro atoms. The highest BCUT2D eigenvalue weighted by molar-refractivity contribution is 6.32. The van der Waals surface area contributed by atoms with E-state index in [1.54, 1.807) is 6.07 Å². The van der Waals surface area contributed by atoms with E-state index in [0.717, 1.165) is 5.56 Å². The fraction of sp³-hybridized carbons (Fsp3) is 0.500. The molecular weight excluding hydrogens is 272 g/mol. The van der Waals surface area contributed by atoms with Crippen LogP contribution in [0.3, 0.4) is 0 Å². The van der Waals surface area contributed by atoms with E-state index >= 15 is 0 Å². The van der Waals surface area contributed by atoms with Crippen LogP contribution in [0.25, 0.3) is 0 Å². The van der Waals surface area contributed by atoms with Gasteiger partial charge in [-0.15, -0.1) is 0 Å². The van der Waals surface area contributed by atoms with Gasteiger partial charge in [0, 0.05) is 32.3 Å². The Balaban J connectivity index is 2.78. The van der Waals surface area contributed by atoms with Gasteiger partial charge in [-0.05, 0) is 18.1 Å². The van der Waals surface area contributed by atoms with E-state index in [9.17, 15) is 10.1 Å². The fourth-order valence-corrected chi connectivity index (χ4v) is 1.95. The van der Waals surface area contributed by atoms with Gasteiger partial charge in [-0.2, -0.15) is 0 Å². The Bertz CT molecular complexity index is 428. The smallest absolute Gasteiger partial charge is 0.288 e. The lowest BCUT2D eigenvalue weighted by atomic mass is 10.2. The summed E-state index contributed by atoms with van der Waals surface area (Å²) in [6.07, 6.45) is 0.593. The van der Waals surface area contributed by atoms with Crippen LogP contribution in [0.1, 0.15) is 12.0 Å². The van der Waals surface area contributed by atoms with Crippen molar-refractivity contribution in [3.8, 4) is 0 Å². The number of nitrogens with zero attached hydrogens (tertiary/aromatic N) is 2. The Morgan fingerprint density at radius 2 is 2.00 bits per heavy atom. The van der Waals surface area contributed by atoms with Gasteiger partial charge >= 0.3 is 0 Å². The first-order valence-corrected chi connectivity index (χ1v) is 6.33. The van der Waals surface area contributed by atoms with Crippen molar-refractivity contribution in [3.05, 3.63) is 38.9 Å². The number of hydrogen-bond acceptors (Lipinski definition) is 5. The second-order valence-corrected chi connectivity index (χ2v) is 4.53. The molecule has 0 heterocycles. The van der Waals surface area contributed by atoms with Crippen molar-refractivity contribution in [2.75, 3.05) is 26.3 Å². The highest BCUT2D eigenvalue weighted by Gasteiger charge is 2.14. The summed E-state index contributed by atoms with van der Waals surface area (Å²) in [6, 6.07) is 4.66. The van der Waals surface area contributed by atoms with E-state index in [2.05, 4.69) is 0 Å². The van der Waals surface area contributed by atoms with Crippen molar-refractivity contribution in [2.45, 2.75) is 13.0 Å². The molecule has 0 saturated heterocycles. The van der Waals surface area contributed by atoms with Gasteiger partial charge in [-0.25, -0.2) is 0 Å². The first-order valence-electron chi connectivity index (χ1n) is 5.95. The van der Waals surface area contributed by atoms with E-state index in [1.165, 1.54) is 12.1 Å². The van der Waals surface area contributed by atoms with E-state index in [-0.39, 0.29) is 23.9 Å². The standard InChI is InChI=1S/C12H17ClN2O4/c13-11-3-2-10(8-12(11)15(18)19)9-14(5-7-17)4-1-6-16/h2-3,8,16-17H,1,4-7,9H2. The van der Waals surface area contributed by atoms with E-state index in [0.29, 0.717) is 26.1 Å². The quantitative estimate of drug-likeness (QED) is 0.558. The first-order chi connectivity index (χ1) is 9.08. The fourth-order valence-electron chi connectivity index (χ4n) is 1.76. The summed E-state index contributed by atoms with van der Waals surface area (Å²) in [7, 11) is 0. The molecule has 0 radical (unpaired) electrons. The summed E-state index contributed by atoms with van der Waals surface area (Å²) in [5, 5.41) is 28.7. The van der Waals surface area contributed by atoms with Crippen molar-refractivity contribution >= 4 is 17.3 Å². The van der Waals surface area contributed by atoms with Crippen LogP contribution in [0.2, 0.25) is 5.02 Å². The van der Waals surface area contributed by atoms with Crippen molar-refractivity contribution in [1.29, 1.82) is 0 Å². The minimum Gasteiger partial charge on any atom is -0.396 e. The zero-order valence-electron chi connectivity index (χ0n) is 10.5. The highest BCUT2D eigenvalue weighted by Crippen LogP contribution is 2.25. The summed E-state index contributed by atoms with van der Waals surface area (Å²) < 4.78 is 0. The number of hydrogen-bond donors (Lipinski definition) is 2. The maximum Gasteiger partial charge on any atom is 0.288 e. The Morgan fingerprint density at radius 1 is 1.26 bits per heavy atom. The first kappa shape index (κ1) is 15.8. The zero-order chi connectivity index (χ0) is 14.3. The molecule has 2 N–H and O–H groups in total. The molecule has 106 valence electrons. The molecule has 0 aromatic heterocycles. The lowest BCUT2D eigenvalue weighted by Crippen LogP contribution is -2.28. The molecule has 0 atom stereocenters. The Morgan fingerprint density at radius 3 is 2.58 bits per heavy atom. The SMILES string of the molecule is O=[N+]([O-])c1cc(CN(CCO)CCCO)ccc1Cl. The van der Waals surface area contributed by atoms with Crippen LogP contribution in [-0.4, -0.2) is 46.3 Å². The van der Waals surface area contributed by atoms with Crippen LogP contribution in [0, 0.1) is 10.1 Å². The molecule has 0 aliphatic carbocycles. The predicted octanol–water partition coefficient (Wildman–Crippen LogP) is 1.42. The van der Waals surface area contributed by atoms with Crippen LogP contribution in [0.4, 0.5) is 5.69 Å². The summed E-state index contributed by atoms with van der Waals surface area (Å²) >= 11 is 5.74. The average Bonchev–Trinajstić information content (AvgIpc) is 2.38. The van der Waals surface area contributed by atoms with Crippen LogP contribution in [-0.2, 0) is 6.54 Å². The third kappa shape index (κ3) is 5.12. The van der Waals surface area contributed by atoms with Crippen LogP contribution >= 0.6 is 11.6 Å². The molecule has 0 aliphatic heterocycles. The van der Waals surface area contributed by atoms with Crippen molar-refractivity contribution < 1.29 is 15.1 Å². The number of nitro groups is 1. The minimum atomic E-state index is -0.518. The van der Waals surface area contributed by atoms with Crippen LogP contribution in [0.15, 0.2) is 18.2 Å². The Hall–Kier alpha value is -1.21. The Labute approximate surface area is 116 Å². The number of aliphatic hydroxyl groups excluding tert-OH is 2.